The third-order valence-corrected chi connectivity index (χ3v) is 4.49. The molecule has 0 saturated heterocycles. The molecule has 0 radical (unpaired) electrons. The van der Waals surface area contributed by atoms with Gasteiger partial charge in [0.1, 0.15) is 0 Å². The van der Waals surface area contributed by atoms with Crippen LogP contribution >= 0.6 is 0 Å². The Kier molecular flexibility index (Phi) is 7.15. The van der Waals surface area contributed by atoms with Crippen LogP contribution in [0.4, 0.5) is 0 Å². The van der Waals surface area contributed by atoms with Gasteiger partial charge >= 0.3 is 5.97 Å². The Bertz CT molecular complexity index is 357. The van der Waals surface area contributed by atoms with E-state index in [1.807, 2.05) is 0 Å². The number of hydrogen-bond acceptors (Lipinski definition) is 4. The molecule has 0 bridgehead atoms. The van der Waals surface area contributed by atoms with Gasteiger partial charge in [0.15, 0.2) is 0 Å². The lowest BCUT2D eigenvalue weighted by atomic mass is 9.75. The summed E-state index contributed by atoms with van der Waals surface area (Å²) in [5, 5.41) is 3.00. The molecule has 0 aromatic heterocycles. The number of nitrogens with one attached hydrogen (secondary N) is 1. The normalized spacial score (nSPS) is 25.7. The highest BCUT2D eigenvalue weighted by Crippen LogP contribution is 2.35. The van der Waals surface area contributed by atoms with Gasteiger partial charge in [0.25, 0.3) is 0 Å². The molecule has 0 aromatic carbocycles. The standard InChI is InChI=1S/C16H30N2O3/c1-5-21-15(20)9-8-14(19)17-12-16(18(3)4)10-6-7-13(2)11-16/h13H,5-12H2,1-4H3,(H,17,19). The molecule has 2 unspecified atom stereocenters. The van der Waals surface area contributed by atoms with Crippen molar-refractivity contribution < 1.29 is 14.3 Å². The fraction of sp³-hybridized carbons (Fsp3) is 0.875. The summed E-state index contributed by atoms with van der Waals surface area (Å²) in [5.74, 6) is 0.321. The number of carbonyl (C=O) groups excluding carboxylic acids is 2. The van der Waals surface area contributed by atoms with E-state index < -0.39 is 0 Å². The van der Waals surface area contributed by atoms with Crippen LogP contribution in [0.2, 0.25) is 0 Å². The van der Waals surface area contributed by atoms with Crippen LogP contribution in [0.5, 0.6) is 0 Å². The summed E-state index contributed by atoms with van der Waals surface area (Å²) in [6.07, 6.45) is 5.06. The van der Waals surface area contributed by atoms with Gasteiger partial charge in [-0.25, -0.2) is 0 Å². The Morgan fingerprint density at radius 3 is 2.62 bits per heavy atom. The van der Waals surface area contributed by atoms with Crippen molar-refractivity contribution in [2.24, 2.45) is 5.92 Å². The molecule has 5 heteroatoms. The highest BCUT2D eigenvalue weighted by Gasteiger charge is 2.37. The molecule has 0 heterocycles. The molecule has 1 rings (SSSR count). The average Bonchev–Trinajstić information content (AvgIpc) is 2.43. The van der Waals surface area contributed by atoms with Crippen LogP contribution in [0.1, 0.15) is 52.4 Å². The number of hydrogen-bond donors (Lipinski definition) is 1. The van der Waals surface area contributed by atoms with Gasteiger partial charge in [-0.1, -0.05) is 19.8 Å². The van der Waals surface area contributed by atoms with E-state index in [0.29, 0.717) is 19.1 Å². The zero-order valence-electron chi connectivity index (χ0n) is 13.9. The minimum absolute atomic E-state index is 0.0528. The van der Waals surface area contributed by atoms with Crippen LogP contribution in [0.15, 0.2) is 0 Å². The maximum absolute atomic E-state index is 11.9. The molecule has 1 saturated carbocycles. The van der Waals surface area contributed by atoms with Gasteiger partial charge in [-0.15, -0.1) is 0 Å². The lowest BCUT2D eigenvalue weighted by Gasteiger charge is -2.45. The maximum Gasteiger partial charge on any atom is 0.306 e. The van der Waals surface area contributed by atoms with Crippen molar-refractivity contribution in [3.8, 4) is 0 Å². The quantitative estimate of drug-likeness (QED) is 0.730. The number of esters is 1. The minimum atomic E-state index is -0.304. The van der Waals surface area contributed by atoms with Crippen LogP contribution in [0.25, 0.3) is 0 Å². The highest BCUT2D eigenvalue weighted by atomic mass is 16.5. The molecular weight excluding hydrogens is 268 g/mol. The molecule has 1 aliphatic carbocycles. The van der Waals surface area contributed by atoms with Crippen molar-refractivity contribution in [3.63, 3.8) is 0 Å². The fourth-order valence-corrected chi connectivity index (χ4v) is 3.16. The summed E-state index contributed by atoms with van der Waals surface area (Å²) in [5.41, 5.74) is 0.0528. The number of ether oxygens (including phenoxy) is 1. The first kappa shape index (κ1) is 18.0. The number of carbonyl (C=O) groups is 2. The molecule has 21 heavy (non-hydrogen) atoms. The Morgan fingerprint density at radius 2 is 2.05 bits per heavy atom. The van der Waals surface area contributed by atoms with E-state index in [1.165, 1.54) is 12.8 Å². The van der Waals surface area contributed by atoms with E-state index >= 15 is 0 Å². The molecule has 5 nitrogen and oxygen atoms in total. The van der Waals surface area contributed by atoms with Gasteiger partial charge in [0, 0.05) is 18.5 Å². The van der Waals surface area contributed by atoms with Gasteiger partial charge in [-0.3, -0.25) is 9.59 Å². The van der Waals surface area contributed by atoms with Crippen molar-refractivity contribution >= 4 is 11.9 Å². The second-order valence-electron chi connectivity index (χ2n) is 6.40. The monoisotopic (exact) mass is 298 g/mol. The van der Waals surface area contributed by atoms with E-state index in [2.05, 4.69) is 31.2 Å². The van der Waals surface area contributed by atoms with Crippen LogP contribution in [-0.2, 0) is 14.3 Å². The summed E-state index contributed by atoms with van der Waals surface area (Å²) in [6, 6.07) is 0. The van der Waals surface area contributed by atoms with Crippen molar-refractivity contribution in [2.75, 3.05) is 27.2 Å². The molecule has 1 amide bonds. The van der Waals surface area contributed by atoms with Crippen molar-refractivity contribution in [1.82, 2.24) is 10.2 Å². The van der Waals surface area contributed by atoms with E-state index in [0.717, 1.165) is 12.8 Å². The highest BCUT2D eigenvalue weighted by molar-refractivity contribution is 5.81. The smallest absolute Gasteiger partial charge is 0.306 e. The Morgan fingerprint density at radius 1 is 1.33 bits per heavy atom. The van der Waals surface area contributed by atoms with Gasteiger partial charge in [0.2, 0.25) is 5.91 Å². The summed E-state index contributed by atoms with van der Waals surface area (Å²) in [4.78, 5) is 25.4. The largest absolute Gasteiger partial charge is 0.466 e. The third kappa shape index (κ3) is 5.65. The predicted octanol–water partition coefficient (Wildman–Crippen LogP) is 1.96. The number of amides is 1. The topological polar surface area (TPSA) is 58.6 Å². The lowest BCUT2D eigenvalue weighted by Crippen LogP contribution is -2.55. The number of nitrogens with zero attached hydrogens (tertiary/aromatic N) is 1. The van der Waals surface area contributed by atoms with Crippen LogP contribution in [0.3, 0.4) is 0 Å². The van der Waals surface area contributed by atoms with Gasteiger partial charge in [-0.2, -0.15) is 0 Å². The maximum atomic E-state index is 11.9. The predicted molar refractivity (Wildman–Crippen MR) is 82.9 cm³/mol. The first-order valence-corrected chi connectivity index (χ1v) is 7.99. The second-order valence-corrected chi connectivity index (χ2v) is 6.40. The zero-order valence-corrected chi connectivity index (χ0v) is 13.9. The molecule has 0 aromatic rings. The van der Waals surface area contributed by atoms with E-state index in [1.54, 1.807) is 6.92 Å². The third-order valence-electron chi connectivity index (χ3n) is 4.49. The van der Waals surface area contributed by atoms with Crippen LogP contribution in [-0.4, -0.2) is 49.6 Å². The number of rotatable bonds is 7. The first-order valence-electron chi connectivity index (χ1n) is 7.99. The minimum Gasteiger partial charge on any atom is -0.466 e. The van der Waals surface area contributed by atoms with E-state index in [9.17, 15) is 9.59 Å². The summed E-state index contributed by atoms with van der Waals surface area (Å²) in [7, 11) is 4.17. The van der Waals surface area contributed by atoms with Crippen LogP contribution < -0.4 is 5.32 Å². The molecule has 122 valence electrons. The SMILES string of the molecule is CCOC(=O)CCC(=O)NCC1(N(C)C)CCCC(C)C1. The first-order chi connectivity index (χ1) is 9.89. The molecular formula is C16H30N2O3. The van der Waals surface area contributed by atoms with Gasteiger partial charge < -0.3 is 15.0 Å². The summed E-state index contributed by atoms with van der Waals surface area (Å²) < 4.78 is 4.83. The van der Waals surface area contributed by atoms with Crippen molar-refractivity contribution in [2.45, 2.75) is 57.9 Å². The Balaban J connectivity index is 2.43. The van der Waals surface area contributed by atoms with Gasteiger partial charge in [-0.05, 0) is 39.8 Å². The Labute approximate surface area is 128 Å². The Hall–Kier alpha value is -1.10. The molecule has 0 spiro atoms. The number of likely N-dealkylation sites (N-methyl/N-ethyl adjacent to an activating group) is 1. The van der Waals surface area contributed by atoms with Crippen molar-refractivity contribution in [1.29, 1.82) is 0 Å². The van der Waals surface area contributed by atoms with E-state index in [-0.39, 0.29) is 30.3 Å². The van der Waals surface area contributed by atoms with E-state index in [4.69, 9.17) is 4.74 Å². The van der Waals surface area contributed by atoms with Crippen molar-refractivity contribution in [3.05, 3.63) is 0 Å². The molecule has 1 aliphatic rings. The average molecular weight is 298 g/mol. The second kappa shape index (κ2) is 8.37. The summed E-state index contributed by atoms with van der Waals surface area (Å²) >= 11 is 0. The summed E-state index contributed by atoms with van der Waals surface area (Å²) in [6.45, 7) is 5.07. The van der Waals surface area contributed by atoms with Crippen LogP contribution in [0, 0.1) is 5.92 Å². The lowest BCUT2D eigenvalue weighted by molar-refractivity contribution is -0.144. The van der Waals surface area contributed by atoms with Gasteiger partial charge in [0.05, 0.1) is 13.0 Å². The molecule has 1 N–H and O–H groups in total. The molecule has 0 aliphatic heterocycles. The fourth-order valence-electron chi connectivity index (χ4n) is 3.16. The molecule has 1 fully saturated rings. The molecule has 2 atom stereocenters. The zero-order chi connectivity index (χ0) is 15.9.